The molecule has 4 rings (SSSR count). The normalized spacial score (nSPS) is 14.6. The van der Waals surface area contributed by atoms with Crippen molar-refractivity contribution < 1.29 is 9.53 Å². The molecule has 1 heterocycles. The molecular formula is C22H25N3O2. The van der Waals surface area contributed by atoms with Gasteiger partial charge in [-0.15, -0.1) is 0 Å². The third-order valence-corrected chi connectivity index (χ3v) is 5.27. The lowest BCUT2D eigenvalue weighted by Gasteiger charge is -2.12. The summed E-state index contributed by atoms with van der Waals surface area (Å²) in [5.74, 6) is 0.713. The average molecular weight is 363 g/mol. The van der Waals surface area contributed by atoms with Gasteiger partial charge in [-0.3, -0.25) is 4.79 Å². The molecule has 0 atom stereocenters. The Labute approximate surface area is 159 Å². The van der Waals surface area contributed by atoms with Crippen LogP contribution in [0.1, 0.15) is 54.6 Å². The quantitative estimate of drug-likeness (QED) is 0.702. The Morgan fingerprint density at radius 1 is 1.22 bits per heavy atom. The fourth-order valence-electron chi connectivity index (χ4n) is 3.87. The molecule has 0 spiro atoms. The zero-order valence-electron chi connectivity index (χ0n) is 15.6. The van der Waals surface area contributed by atoms with Gasteiger partial charge in [-0.25, -0.2) is 4.98 Å². The lowest BCUT2D eigenvalue weighted by Crippen LogP contribution is -2.23. The van der Waals surface area contributed by atoms with Crippen molar-refractivity contribution in [3.05, 3.63) is 59.9 Å². The number of carbonyl (C=O) groups is 1. The van der Waals surface area contributed by atoms with Gasteiger partial charge in [-0.1, -0.05) is 31.0 Å². The molecule has 1 aliphatic rings. The van der Waals surface area contributed by atoms with E-state index < -0.39 is 0 Å². The number of nitrogens with zero attached hydrogens (tertiary/aromatic N) is 2. The van der Waals surface area contributed by atoms with E-state index in [1.165, 1.54) is 25.7 Å². The molecule has 0 aliphatic heterocycles. The minimum absolute atomic E-state index is 0.0985. The van der Waals surface area contributed by atoms with Gasteiger partial charge in [0.2, 0.25) is 0 Å². The molecule has 1 amide bonds. The summed E-state index contributed by atoms with van der Waals surface area (Å²) in [5, 5.41) is 2.99. The van der Waals surface area contributed by atoms with Crippen LogP contribution in [0.4, 0.5) is 0 Å². The number of aromatic nitrogens is 2. The second kappa shape index (κ2) is 7.82. The number of benzene rings is 2. The largest absolute Gasteiger partial charge is 0.494 e. The highest BCUT2D eigenvalue weighted by molar-refractivity contribution is 5.97. The summed E-state index contributed by atoms with van der Waals surface area (Å²) >= 11 is 0. The first-order chi connectivity index (χ1) is 13.3. The molecule has 2 aromatic carbocycles. The van der Waals surface area contributed by atoms with Gasteiger partial charge in [-0.2, -0.15) is 0 Å². The van der Waals surface area contributed by atoms with E-state index in [4.69, 9.17) is 4.74 Å². The molecular weight excluding hydrogens is 338 g/mol. The van der Waals surface area contributed by atoms with Crippen LogP contribution in [-0.2, 0) is 6.54 Å². The van der Waals surface area contributed by atoms with Crippen molar-refractivity contribution in [1.29, 1.82) is 0 Å². The molecule has 1 aromatic heterocycles. The summed E-state index contributed by atoms with van der Waals surface area (Å²) < 4.78 is 7.89. The van der Waals surface area contributed by atoms with E-state index in [9.17, 15) is 4.79 Å². The number of ether oxygens (including phenoxy) is 1. The lowest BCUT2D eigenvalue weighted by molar-refractivity contribution is 0.0950. The van der Waals surface area contributed by atoms with Crippen molar-refractivity contribution in [3.63, 3.8) is 0 Å². The van der Waals surface area contributed by atoms with Crippen molar-refractivity contribution >= 4 is 16.9 Å². The van der Waals surface area contributed by atoms with Crippen LogP contribution in [0.2, 0.25) is 0 Å². The fourth-order valence-corrected chi connectivity index (χ4v) is 3.87. The summed E-state index contributed by atoms with van der Waals surface area (Å²) in [6, 6.07) is 14.1. The summed E-state index contributed by atoms with van der Waals surface area (Å²) in [4.78, 5) is 17.1. The van der Waals surface area contributed by atoms with Gasteiger partial charge in [0.1, 0.15) is 5.75 Å². The predicted octanol–water partition coefficient (Wildman–Crippen LogP) is 4.48. The SMILES string of the molecule is CCOc1ccccc1CNC(=O)c1ccc2c(c1)ncn2C1CCCC1. The monoisotopic (exact) mass is 363 g/mol. The standard InChI is InChI=1S/C22H25N3O2/c1-2-27-21-10-6-3-7-17(21)14-23-22(26)16-11-12-20-19(13-16)24-15-25(20)18-8-4-5-9-18/h3,6-7,10-13,15,18H,2,4-5,8-9,14H2,1H3,(H,23,26). The molecule has 1 fully saturated rings. The summed E-state index contributed by atoms with van der Waals surface area (Å²) in [6.45, 7) is 2.99. The first-order valence-electron chi connectivity index (χ1n) is 9.71. The molecule has 27 heavy (non-hydrogen) atoms. The highest BCUT2D eigenvalue weighted by Crippen LogP contribution is 2.32. The van der Waals surface area contributed by atoms with Gasteiger partial charge in [0, 0.05) is 23.7 Å². The smallest absolute Gasteiger partial charge is 0.251 e. The van der Waals surface area contributed by atoms with Crippen LogP contribution in [0.5, 0.6) is 5.75 Å². The van der Waals surface area contributed by atoms with Crippen LogP contribution in [0.3, 0.4) is 0 Å². The van der Waals surface area contributed by atoms with Gasteiger partial charge in [-0.05, 0) is 44.0 Å². The van der Waals surface area contributed by atoms with E-state index in [1.54, 1.807) is 0 Å². The number of fused-ring (bicyclic) bond motifs is 1. The second-order valence-electron chi connectivity index (χ2n) is 7.02. The van der Waals surface area contributed by atoms with E-state index in [2.05, 4.69) is 14.9 Å². The van der Waals surface area contributed by atoms with Crippen molar-refractivity contribution in [1.82, 2.24) is 14.9 Å². The Morgan fingerprint density at radius 2 is 2.04 bits per heavy atom. The lowest BCUT2D eigenvalue weighted by atomic mass is 10.1. The molecule has 5 heteroatoms. The Kier molecular flexibility index (Phi) is 5.10. The molecule has 1 N–H and O–H groups in total. The molecule has 1 aliphatic carbocycles. The third kappa shape index (κ3) is 3.68. The van der Waals surface area contributed by atoms with Crippen molar-refractivity contribution in [2.75, 3.05) is 6.61 Å². The number of carbonyl (C=O) groups excluding carboxylic acids is 1. The van der Waals surface area contributed by atoms with Gasteiger partial charge < -0.3 is 14.6 Å². The van der Waals surface area contributed by atoms with Gasteiger partial charge in [0.25, 0.3) is 5.91 Å². The molecule has 0 radical (unpaired) electrons. The van der Waals surface area contributed by atoms with Crippen LogP contribution >= 0.6 is 0 Å². The maximum atomic E-state index is 12.6. The highest BCUT2D eigenvalue weighted by Gasteiger charge is 2.19. The Morgan fingerprint density at radius 3 is 2.85 bits per heavy atom. The second-order valence-corrected chi connectivity index (χ2v) is 7.02. The van der Waals surface area contributed by atoms with E-state index in [-0.39, 0.29) is 5.91 Å². The number of amides is 1. The number of para-hydroxylation sites is 1. The molecule has 5 nitrogen and oxygen atoms in total. The van der Waals surface area contributed by atoms with Gasteiger partial charge in [0.05, 0.1) is 24.0 Å². The predicted molar refractivity (Wildman–Crippen MR) is 106 cm³/mol. The third-order valence-electron chi connectivity index (χ3n) is 5.27. The number of nitrogens with one attached hydrogen (secondary N) is 1. The zero-order valence-corrected chi connectivity index (χ0v) is 15.6. The first kappa shape index (κ1) is 17.6. The Hall–Kier alpha value is -2.82. The summed E-state index contributed by atoms with van der Waals surface area (Å²) in [7, 11) is 0. The van der Waals surface area contributed by atoms with Gasteiger partial charge in [0.15, 0.2) is 0 Å². The fraction of sp³-hybridized carbons (Fsp3) is 0.364. The van der Waals surface area contributed by atoms with Crippen molar-refractivity contribution in [2.24, 2.45) is 0 Å². The van der Waals surface area contributed by atoms with Crippen molar-refractivity contribution in [2.45, 2.75) is 45.2 Å². The van der Waals surface area contributed by atoms with Crippen LogP contribution < -0.4 is 10.1 Å². The van der Waals surface area contributed by atoms with E-state index in [0.29, 0.717) is 24.8 Å². The van der Waals surface area contributed by atoms with E-state index in [0.717, 1.165) is 22.3 Å². The summed E-state index contributed by atoms with van der Waals surface area (Å²) in [6.07, 6.45) is 6.92. The average Bonchev–Trinajstić information content (AvgIpc) is 3.36. The maximum Gasteiger partial charge on any atom is 0.251 e. The molecule has 140 valence electrons. The van der Waals surface area contributed by atoms with Crippen LogP contribution in [-0.4, -0.2) is 22.1 Å². The summed E-state index contributed by atoms with van der Waals surface area (Å²) in [5.41, 5.74) is 3.59. The van der Waals surface area contributed by atoms with Crippen molar-refractivity contribution in [3.8, 4) is 5.75 Å². The minimum Gasteiger partial charge on any atom is -0.494 e. The minimum atomic E-state index is -0.0985. The highest BCUT2D eigenvalue weighted by atomic mass is 16.5. The van der Waals surface area contributed by atoms with E-state index >= 15 is 0 Å². The number of hydrogen-bond acceptors (Lipinski definition) is 3. The topological polar surface area (TPSA) is 56.1 Å². The Balaban J connectivity index is 1.48. The molecule has 0 saturated heterocycles. The number of imidazole rings is 1. The molecule has 3 aromatic rings. The molecule has 1 saturated carbocycles. The zero-order chi connectivity index (χ0) is 18.6. The first-order valence-corrected chi connectivity index (χ1v) is 9.71. The Bertz CT molecular complexity index is 942. The van der Waals surface area contributed by atoms with Gasteiger partial charge >= 0.3 is 0 Å². The van der Waals surface area contributed by atoms with Crippen LogP contribution in [0.25, 0.3) is 11.0 Å². The molecule has 0 bridgehead atoms. The van der Waals surface area contributed by atoms with Crippen LogP contribution in [0.15, 0.2) is 48.8 Å². The molecule has 0 unspecified atom stereocenters. The van der Waals surface area contributed by atoms with Crippen LogP contribution in [0, 0.1) is 0 Å². The number of hydrogen-bond donors (Lipinski definition) is 1. The maximum absolute atomic E-state index is 12.6. The van der Waals surface area contributed by atoms with E-state index in [1.807, 2.05) is 55.7 Å². The number of rotatable bonds is 6.